The van der Waals surface area contributed by atoms with E-state index in [-0.39, 0.29) is 16.9 Å². The SMILES string of the molecule is CC(=O)SCC(Cc1ccccc1)C(=O)N[C@@H](CC(C)C)C(=O)OC(C)(C)C. The maximum Gasteiger partial charge on any atom is 0.329 e. The van der Waals surface area contributed by atoms with Crippen LogP contribution in [0.2, 0.25) is 0 Å². The highest BCUT2D eigenvalue weighted by Gasteiger charge is 2.30. The topological polar surface area (TPSA) is 72.5 Å². The predicted molar refractivity (Wildman–Crippen MR) is 114 cm³/mol. The van der Waals surface area contributed by atoms with Gasteiger partial charge in [0.05, 0.1) is 5.92 Å². The summed E-state index contributed by atoms with van der Waals surface area (Å²) in [7, 11) is 0. The molecule has 0 bridgehead atoms. The van der Waals surface area contributed by atoms with Crippen LogP contribution in [-0.4, -0.2) is 34.4 Å². The van der Waals surface area contributed by atoms with E-state index in [0.717, 1.165) is 17.3 Å². The molecule has 0 aliphatic rings. The number of esters is 1. The van der Waals surface area contributed by atoms with Crippen LogP contribution in [0.5, 0.6) is 0 Å². The average molecular weight is 408 g/mol. The summed E-state index contributed by atoms with van der Waals surface area (Å²) < 4.78 is 5.48. The minimum Gasteiger partial charge on any atom is -0.458 e. The van der Waals surface area contributed by atoms with Gasteiger partial charge in [-0.15, -0.1) is 0 Å². The second kappa shape index (κ2) is 11.2. The Morgan fingerprint density at radius 3 is 2.21 bits per heavy atom. The number of hydrogen-bond acceptors (Lipinski definition) is 5. The first-order valence-corrected chi connectivity index (χ1v) is 10.7. The summed E-state index contributed by atoms with van der Waals surface area (Å²) in [5.74, 6) is -0.467. The van der Waals surface area contributed by atoms with Crippen LogP contribution in [0.1, 0.15) is 53.5 Å². The molecule has 6 heteroatoms. The molecule has 1 unspecified atom stereocenters. The van der Waals surface area contributed by atoms with Gasteiger partial charge in [0.1, 0.15) is 11.6 Å². The Kier molecular flexibility index (Phi) is 9.73. The zero-order valence-electron chi connectivity index (χ0n) is 17.8. The predicted octanol–water partition coefficient (Wildman–Crippen LogP) is 4.00. The van der Waals surface area contributed by atoms with Crippen LogP contribution in [-0.2, 0) is 25.5 Å². The Morgan fingerprint density at radius 2 is 1.71 bits per heavy atom. The lowest BCUT2D eigenvalue weighted by molar-refractivity contribution is -0.159. The number of hydrogen-bond donors (Lipinski definition) is 1. The number of benzene rings is 1. The largest absolute Gasteiger partial charge is 0.458 e. The van der Waals surface area contributed by atoms with E-state index < -0.39 is 23.5 Å². The summed E-state index contributed by atoms with van der Waals surface area (Å²) in [5, 5.41) is 2.85. The number of thioether (sulfide) groups is 1. The molecule has 1 amide bonds. The first-order valence-electron chi connectivity index (χ1n) is 9.68. The Labute approximate surface area is 173 Å². The molecule has 0 saturated heterocycles. The molecule has 28 heavy (non-hydrogen) atoms. The summed E-state index contributed by atoms with van der Waals surface area (Å²) in [5.41, 5.74) is 0.398. The van der Waals surface area contributed by atoms with Crippen molar-refractivity contribution in [1.29, 1.82) is 0 Å². The van der Waals surface area contributed by atoms with Crippen molar-refractivity contribution in [3.05, 3.63) is 35.9 Å². The van der Waals surface area contributed by atoms with Crippen LogP contribution in [0, 0.1) is 11.8 Å². The lowest BCUT2D eigenvalue weighted by atomic mass is 9.98. The zero-order valence-corrected chi connectivity index (χ0v) is 18.6. The van der Waals surface area contributed by atoms with Gasteiger partial charge in [-0.2, -0.15) is 0 Å². The second-order valence-corrected chi connectivity index (χ2v) is 9.61. The number of carbonyl (C=O) groups excluding carboxylic acids is 3. The Balaban J connectivity index is 2.92. The molecule has 0 radical (unpaired) electrons. The van der Waals surface area contributed by atoms with Gasteiger partial charge in [-0.05, 0) is 45.1 Å². The van der Waals surface area contributed by atoms with Gasteiger partial charge in [0.25, 0.3) is 0 Å². The van der Waals surface area contributed by atoms with Gasteiger partial charge >= 0.3 is 5.97 Å². The summed E-state index contributed by atoms with van der Waals surface area (Å²) in [6.45, 7) is 10.9. The third-order valence-corrected chi connectivity index (χ3v) is 4.87. The molecular weight excluding hydrogens is 374 g/mol. The van der Waals surface area contributed by atoms with E-state index in [0.29, 0.717) is 18.6 Å². The molecule has 0 spiro atoms. The van der Waals surface area contributed by atoms with Crippen molar-refractivity contribution in [2.75, 3.05) is 5.75 Å². The van der Waals surface area contributed by atoms with E-state index in [1.165, 1.54) is 6.92 Å². The summed E-state index contributed by atoms with van der Waals surface area (Å²) in [6.07, 6.45) is 1.01. The lowest BCUT2D eigenvalue weighted by Crippen LogP contribution is -2.47. The first kappa shape index (κ1) is 24.2. The van der Waals surface area contributed by atoms with Crippen molar-refractivity contribution in [1.82, 2.24) is 5.32 Å². The number of nitrogens with one attached hydrogen (secondary N) is 1. The van der Waals surface area contributed by atoms with Crippen molar-refractivity contribution in [2.45, 2.75) is 66.0 Å². The Bertz CT molecular complexity index is 652. The molecule has 1 N–H and O–H groups in total. The average Bonchev–Trinajstić information content (AvgIpc) is 2.56. The van der Waals surface area contributed by atoms with E-state index in [1.807, 2.05) is 44.2 Å². The van der Waals surface area contributed by atoms with Gasteiger partial charge in [-0.3, -0.25) is 9.59 Å². The minimum atomic E-state index is -0.702. The van der Waals surface area contributed by atoms with Crippen LogP contribution < -0.4 is 5.32 Å². The van der Waals surface area contributed by atoms with E-state index in [2.05, 4.69) is 5.32 Å². The van der Waals surface area contributed by atoms with E-state index in [1.54, 1.807) is 20.8 Å². The van der Waals surface area contributed by atoms with Crippen molar-refractivity contribution in [3.63, 3.8) is 0 Å². The molecule has 1 rings (SSSR count). The minimum absolute atomic E-state index is 0.0308. The lowest BCUT2D eigenvalue weighted by Gasteiger charge is -2.27. The van der Waals surface area contributed by atoms with Crippen molar-refractivity contribution in [3.8, 4) is 0 Å². The molecule has 0 saturated carbocycles. The van der Waals surface area contributed by atoms with E-state index in [4.69, 9.17) is 4.74 Å². The van der Waals surface area contributed by atoms with Crippen LogP contribution >= 0.6 is 11.8 Å². The van der Waals surface area contributed by atoms with Crippen molar-refractivity contribution in [2.24, 2.45) is 11.8 Å². The smallest absolute Gasteiger partial charge is 0.329 e. The number of carbonyl (C=O) groups is 3. The van der Waals surface area contributed by atoms with Gasteiger partial charge < -0.3 is 10.1 Å². The fourth-order valence-electron chi connectivity index (χ4n) is 2.69. The van der Waals surface area contributed by atoms with Crippen molar-refractivity contribution < 1.29 is 19.1 Å². The molecule has 0 heterocycles. The molecule has 5 nitrogen and oxygen atoms in total. The highest BCUT2D eigenvalue weighted by atomic mass is 32.2. The molecule has 156 valence electrons. The molecule has 1 aromatic carbocycles. The number of rotatable bonds is 9. The van der Waals surface area contributed by atoms with Gasteiger partial charge in [0, 0.05) is 12.7 Å². The van der Waals surface area contributed by atoms with Crippen LogP contribution in [0.25, 0.3) is 0 Å². The van der Waals surface area contributed by atoms with Gasteiger partial charge in [0.15, 0.2) is 5.12 Å². The number of ether oxygens (including phenoxy) is 1. The van der Waals surface area contributed by atoms with Crippen LogP contribution in [0.4, 0.5) is 0 Å². The maximum absolute atomic E-state index is 13.0. The normalized spacial score (nSPS) is 13.7. The summed E-state index contributed by atoms with van der Waals surface area (Å²) >= 11 is 1.13. The Morgan fingerprint density at radius 1 is 1.11 bits per heavy atom. The third kappa shape index (κ3) is 9.93. The summed E-state index contributed by atoms with van der Waals surface area (Å²) in [6, 6.07) is 8.97. The van der Waals surface area contributed by atoms with Gasteiger partial charge in [0.2, 0.25) is 5.91 Å². The standard InChI is InChI=1S/C22H33NO4S/c1-15(2)12-19(21(26)27-22(4,5)6)23-20(25)18(14-28-16(3)24)13-17-10-8-7-9-11-17/h7-11,15,18-19H,12-14H2,1-6H3,(H,23,25)/t18?,19-/m0/s1. The van der Waals surface area contributed by atoms with Crippen LogP contribution in [0.15, 0.2) is 30.3 Å². The van der Waals surface area contributed by atoms with Crippen LogP contribution in [0.3, 0.4) is 0 Å². The highest BCUT2D eigenvalue weighted by molar-refractivity contribution is 8.13. The second-order valence-electron chi connectivity index (χ2n) is 8.41. The highest BCUT2D eigenvalue weighted by Crippen LogP contribution is 2.18. The first-order chi connectivity index (χ1) is 13.0. The molecule has 0 aliphatic heterocycles. The van der Waals surface area contributed by atoms with E-state index >= 15 is 0 Å². The van der Waals surface area contributed by atoms with Gasteiger partial charge in [-0.1, -0.05) is 55.9 Å². The molecule has 0 aliphatic carbocycles. The monoisotopic (exact) mass is 407 g/mol. The maximum atomic E-state index is 13.0. The van der Waals surface area contributed by atoms with Gasteiger partial charge in [-0.25, -0.2) is 4.79 Å². The molecule has 1 aromatic rings. The molecule has 0 fully saturated rings. The van der Waals surface area contributed by atoms with Crippen molar-refractivity contribution >= 4 is 28.8 Å². The quantitative estimate of drug-likeness (QED) is 0.627. The third-order valence-electron chi connectivity index (χ3n) is 3.90. The zero-order chi connectivity index (χ0) is 21.3. The van der Waals surface area contributed by atoms with E-state index in [9.17, 15) is 14.4 Å². The number of amides is 1. The molecular formula is C22H33NO4S. The molecule has 0 aromatic heterocycles. The Hall–Kier alpha value is -1.82. The fourth-order valence-corrected chi connectivity index (χ4v) is 3.40. The molecule has 2 atom stereocenters. The fraction of sp³-hybridized carbons (Fsp3) is 0.591. The summed E-state index contributed by atoms with van der Waals surface area (Å²) in [4.78, 5) is 37.0.